The Kier molecular flexibility index (Phi) is 6.02. The monoisotopic (exact) mass is 342 g/mol. The second-order valence-corrected chi connectivity index (χ2v) is 7.69. The van der Waals surface area contributed by atoms with Crippen LogP contribution >= 0.6 is 0 Å². The zero-order valence-corrected chi connectivity index (χ0v) is 14.9. The van der Waals surface area contributed by atoms with Gasteiger partial charge >= 0.3 is 0 Å². The van der Waals surface area contributed by atoms with E-state index in [4.69, 9.17) is 9.84 Å². The van der Waals surface area contributed by atoms with Crippen LogP contribution in [-0.4, -0.2) is 68.7 Å². The summed E-state index contributed by atoms with van der Waals surface area (Å²) in [7, 11) is -3.52. The molecule has 1 heterocycles. The highest BCUT2D eigenvalue weighted by atomic mass is 32.2. The lowest BCUT2D eigenvalue weighted by molar-refractivity contribution is 0.151. The van der Waals surface area contributed by atoms with E-state index in [1.807, 2.05) is 26.8 Å². The van der Waals surface area contributed by atoms with Crippen LogP contribution in [0.5, 0.6) is 5.75 Å². The van der Waals surface area contributed by atoms with Crippen molar-refractivity contribution in [1.29, 1.82) is 0 Å². The fraction of sp³-hybridized carbons (Fsp3) is 0.625. The maximum Gasteiger partial charge on any atom is 0.243 e. The molecule has 23 heavy (non-hydrogen) atoms. The molecular formula is C16H26N2O4S. The molecule has 1 N–H and O–H groups in total. The molecule has 0 aliphatic carbocycles. The van der Waals surface area contributed by atoms with E-state index in [0.717, 1.165) is 11.1 Å². The van der Waals surface area contributed by atoms with Crippen LogP contribution in [0.4, 0.5) is 0 Å². The number of piperazine rings is 1. The minimum absolute atomic E-state index is 0.0987. The van der Waals surface area contributed by atoms with Gasteiger partial charge in [0.2, 0.25) is 10.0 Å². The lowest BCUT2D eigenvalue weighted by Gasteiger charge is -2.33. The predicted octanol–water partition coefficient (Wildman–Crippen LogP) is 1.00. The van der Waals surface area contributed by atoms with Crippen LogP contribution in [0.2, 0.25) is 0 Å². The standard InChI is InChI=1S/C16H26N2O4S/c1-4-22-15-12-16(14(3)11-13(15)2)23(20,21)18-7-5-17(6-8-18)9-10-19/h11-12,19H,4-10H2,1-3H3. The Morgan fingerprint density at radius 3 is 2.35 bits per heavy atom. The van der Waals surface area contributed by atoms with Crippen molar-refractivity contribution < 1.29 is 18.3 Å². The molecule has 0 bridgehead atoms. The van der Waals surface area contributed by atoms with Crippen molar-refractivity contribution >= 4 is 10.0 Å². The number of benzene rings is 1. The Labute approximate surface area is 138 Å². The largest absolute Gasteiger partial charge is 0.494 e. The van der Waals surface area contributed by atoms with E-state index in [1.54, 1.807) is 6.07 Å². The van der Waals surface area contributed by atoms with E-state index in [2.05, 4.69) is 4.90 Å². The van der Waals surface area contributed by atoms with Crippen molar-refractivity contribution in [3.05, 3.63) is 23.3 Å². The van der Waals surface area contributed by atoms with E-state index < -0.39 is 10.0 Å². The molecule has 0 saturated carbocycles. The summed E-state index contributed by atoms with van der Waals surface area (Å²) in [6, 6.07) is 3.50. The summed E-state index contributed by atoms with van der Waals surface area (Å²) in [5.41, 5.74) is 1.68. The Hall–Kier alpha value is -1.15. The van der Waals surface area contributed by atoms with E-state index in [-0.39, 0.29) is 6.61 Å². The highest BCUT2D eigenvalue weighted by Crippen LogP contribution is 2.28. The molecule has 7 heteroatoms. The van der Waals surface area contributed by atoms with Crippen LogP contribution in [-0.2, 0) is 10.0 Å². The molecule has 6 nitrogen and oxygen atoms in total. The van der Waals surface area contributed by atoms with Gasteiger partial charge in [0.05, 0.1) is 18.1 Å². The molecule has 0 aromatic heterocycles. The minimum atomic E-state index is -3.52. The quantitative estimate of drug-likeness (QED) is 0.835. The minimum Gasteiger partial charge on any atom is -0.494 e. The number of hydrogen-bond donors (Lipinski definition) is 1. The molecule has 0 atom stereocenters. The van der Waals surface area contributed by atoms with Gasteiger partial charge in [-0.25, -0.2) is 8.42 Å². The van der Waals surface area contributed by atoms with Gasteiger partial charge < -0.3 is 9.84 Å². The smallest absolute Gasteiger partial charge is 0.243 e. The van der Waals surface area contributed by atoms with Crippen LogP contribution in [0, 0.1) is 13.8 Å². The van der Waals surface area contributed by atoms with E-state index >= 15 is 0 Å². The van der Waals surface area contributed by atoms with Crippen LogP contribution in [0.3, 0.4) is 0 Å². The van der Waals surface area contributed by atoms with Crippen molar-refractivity contribution in [2.24, 2.45) is 0 Å². The Morgan fingerprint density at radius 1 is 1.13 bits per heavy atom. The average molecular weight is 342 g/mol. The van der Waals surface area contributed by atoms with Crippen molar-refractivity contribution in [1.82, 2.24) is 9.21 Å². The summed E-state index contributed by atoms with van der Waals surface area (Å²) >= 11 is 0. The first kappa shape index (κ1) is 18.2. The number of nitrogens with zero attached hydrogens (tertiary/aromatic N) is 2. The number of β-amino-alcohol motifs (C(OH)–C–C–N with tert-alkyl or cyclic N) is 1. The topological polar surface area (TPSA) is 70.1 Å². The van der Waals surface area contributed by atoms with Gasteiger partial charge in [0.25, 0.3) is 0 Å². The molecule has 130 valence electrons. The molecule has 0 spiro atoms. The van der Waals surface area contributed by atoms with E-state index in [0.29, 0.717) is 50.0 Å². The molecule has 1 aromatic rings. The summed E-state index contributed by atoms with van der Waals surface area (Å²) in [5.74, 6) is 0.621. The highest BCUT2D eigenvalue weighted by Gasteiger charge is 2.30. The normalized spacial score (nSPS) is 17.4. The van der Waals surface area contributed by atoms with E-state index in [9.17, 15) is 8.42 Å². The van der Waals surface area contributed by atoms with Gasteiger partial charge in [-0.05, 0) is 31.9 Å². The lowest BCUT2D eigenvalue weighted by Crippen LogP contribution is -2.49. The van der Waals surface area contributed by atoms with Gasteiger partial charge in [0.15, 0.2) is 0 Å². The predicted molar refractivity (Wildman–Crippen MR) is 89.4 cm³/mol. The molecule has 2 rings (SSSR count). The maximum absolute atomic E-state index is 12.9. The van der Waals surface area contributed by atoms with Gasteiger partial charge in [-0.3, -0.25) is 4.90 Å². The van der Waals surface area contributed by atoms with Gasteiger partial charge in [0.1, 0.15) is 5.75 Å². The number of aryl methyl sites for hydroxylation is 2. The van der Waals surface area contributed by atoms with Crippen molar-refractivity contribution in [2.75, 3.05) is 45.9 Å². The number of hydrogen-bond acceptors (Lipinski definition) is 5. The third-order valence-electron chi connectivity index (χ3n) is 4.14. The maximum atomic E-state index is 12.9. The average Bonchev–Trinajstić information content (AvgIpc) is 2.51. The van der Waals surface area contributed by atoms with Crippen LogP contribution in [0.15, 0.2) is 17.0 Å². The SMILES string of the molecule is CCOc1cc(S(=O)(=O)N2CCN(CCO)CC2)c(C)cc1C. The summed E-state index contributed by atoms with van der Waals surface area (Å²) in [5, 5.41) is 8.98. The molecule has 0 amide bonds. The first-order valence-electron chi connectivity index (χ1n) is 7.97. The Bertz CT molecular complexity index is 638. The number of sulfonamides is 1. The second-order valence-electron chi connectivity index (χ2n) is 5.79. The molecule has 1 aromatic carbocycles. The van der Waals surface area contributed by atoms with E-state index in [1.165, 1.54) is 4.31 Å². The molecule has 1 aliphatic heterocycles. The number of rotatable bonds is 6. The summed E-state index contributed by atoms with van der Waals surface area (Å²) in [6.07, 6.45) is 0. The third kappa shape index (κ3) is 4.03. The van der Waals surface area contributed by atoms with Gasteiger partial charge in [-0.1, -0.05) is 6.07 Å². The fourth-order valence-corrected chi connectivity index (χ4v) is 4.52. The first-order valence-corrected chi connectivity index (χ1v) is 9.41. The summed E-state index contributed by atoms with van der Waals surface area (Å²) in [4.78, 5) is 2.39. The zero-order valence-electron chi connectivity index (χ0n) is 14.1. The van der Waals surface area contributed by atoms with Gasteiger partial charge in [-0.15, -0.1) is 0 Å². The highest BCUT2D eigenvalue weighted by molar-refractivity contribution is 7.89. The lowest BCUT2D eigenvalue weighted by atomic mass is 10.1. The van der Waals surface area contributed by atoms with Crippen LogP contribution < -0.4 is 4.74 Å². The Balaban J connectivity index is 2.25. The molecule has 1 saturated heterocycles. The number of aliphatic hydroxyl groups excluding tert-OH is 1. The molecule has 0 unspecified atom stereocenters. The molecule has 0 radical (unpaired) electrons. The fourth-order valence-electron chi connectivity index (χ4n) is 2.88. The Morgan fingerprint density at radius 2 is 1.78 bits per heavy atom. The third-order valence-corrected chi connectivity index (χ3v) is 6.18. The van der Waals surface area contributed by atoms with Gasteiger partial charge in [-0.2, -0.15) is 4.31 Å². The van der Waals surface area contributed by atoms with Crippen molar-refractivity contribution in [3.63, 3.8) is 0 Å². The number of ether oxygens (including phenoxy) is 1. The zero-order chi connectivity index (χ0) is 17.0. The van der Waals surface area contributed by atoms with Crippen LogP contribution in [0.1, 0.15) is 18.1 Å². The summed E-state index contributed by atoms with van der Waals surface area (Å²) < 4.78 is 33.0. The van der Waals surface area contributed by atoms with Gasteiger partial charge in [0, 0.05) is 38.8 Å². The summed E-state index contributed by atoms with van der Waals surface area (Å²) in [6.45, 7) is 8.98. The molecule has 1 fully saturated rings. The van der Waals surface area contributed by atoms with Crippen molar-refractivity contribution in [2.45, 2.75) is 25.7 Å². The first-order chi connectivity index (χ1) is 10.9. The van der Waals surface area contributed by atoms with Crippen molar-refractivity contribution in [3.8, 4) is 5.75 Å². The number of aliphatic hydroxyl groups is 1. The molecule has 1 aliphatic rings. The van der Waals surface area contributed by atoms with Crippen LogP contribution in [0.25, 0.3) is 0 Å². The molecular weight excluding hydrogens is 316 g/mol. The second kappa shape index (κ2) is 7.61.